The van der Waals surface area contributed by atoms with Crippen LogP contribution in [0.5, 0.6) is 0 Å². The second-order valence-corrected chi connectivity index (χ2v) is 9.06. The van der Waals surface area contributed by atoms with E-state index < -0.39 is 11.6 Å². The monoisotopic (exact) mass is 452 g/mol. The Kier molecular flexibility index (Phi) is 5.51. The number of esters is 1. The summed E-state index contributed by atoms with van der Waals surface area (Å²) in [6.45, 7) is 0. The summed E-state index contributed by atoms with van der Waals surface area (Å²) in [7, 11) is 1.37. The zero-order valence-corrected chi connectivity index (χ0v) is 18.5. The molecule has 0 bridgehead atoms. The second-order valence-electron chi connectivity index (χ2n) is 8.07. The second kappa shape index (κ2) is 8.47. The molecule has 1 heterocycles. The van der Waals surface area contributed by atoms with E-state index in [1.165, 1.54) is 36.6 Å². The van der Waals surface area contributed by atoms with Gasteiger partial charge in [-0.25, -0.2) is 18.6 Å². The van der Waals surface area contributed by atoms with E-state index in [0.717, 1.165) is 65.8 Å². The molecule has 0 unspecified atom stereocenters. The van der Waals surface area contributed by atoms with Crippen LogP contribution in [0.25, 0.3) is 16.1 Å². The molecule has 4 nitrogen and oxygen atoms in total. The molecule has 1 aromatic heterocycles. The number of methoxy groups -OCH3 is 1. The summed E-state index contributed by atoms with van der Waals surface area (Å²) in [4.78, 5) is 17.8. The molecule has 7 heteroatoms. The Hall–Kier alpha value is -3.06. The standard InChI is InChI=1S/C25H22F2N2O2S/c1-31-24(30)16-11-12-17-15(13-16)7-3-10-20-23(17)32-25(28-20)29-22(14-5-2-6-14)21-18(26)8-4-9-19(21)27/h4,8-9,11-13H,2-3,5-7,10H2,1H3,(H,28,29). The van der Waals surface area contributed by atoms with Gasteiger partial charge in [0.15, 0.2) is 5.13 Å². The summed E-state index contributed by atoms with van der Waals surface area (Å²) >= 11 is 1.48. The molecule has 0 radical (unpaired) electrons. The Balaban J connectivity index is 1.53. The molecule has 0 aliphatic heterocycles. The molecule has 2 aliphatic rings. The molecule has 3 aromatic rings. The Morgan fingerprint density at radius 2 is 1.81 bits per heavy atom. The van der Waals surface area contributed by atoms with Gasteiger partial charge >= 0.3 is 5.97 Å². The zero-order chi connectivity index (χ0) is 22.2. The van der Waals surface area contributed by atoms with Crippen LogP contribution in [0.3, 0.4) is 0 Å². The molecule has 1 N–H and O–H groups in total. The quantitative estimate of drug-likeness (QED) is 0.467. The first-order valence-electron chi connectivity index (χ1n) is 10.7. The number of thiazole rings is 1. The topological polar surface area (TPSA) is 51.2 Å². The first kappa shape index (κ1) is 20.8. The van der Waals surface area contributed by atoms with Crippen LogP contribution in [-0.4, -0.2) is 18.1 Å². The Labute approximate surface area is 189 Å². The number of nitrogens with one attached hydrogen (secondary N) is 1. The highest BCUT2D eigenvalue weighted by Gasteiger charge is 2.25. The number of ether oxygens (including phenoxy) is 1. The van der Waals surface area contributed by atoms with Gasteiger partial charge < -0.3 is 10.1 Å². The van der Waals surface area contributed by atoms with Gasteiger partial charge in [-0.1, -0.05) is 23.5 Å². The van der Waals surface area contributed by atoms with Crippen molar-refractivity contribution in [2.75, 3.05) is 12.4 Å². The van der Waals surface area contributed by atoms with Crippen molar-refractivity contribution in [3.05, 3.63) is 76.0 Å². The van der Waals surface area contributed by atoms with Gasteiger partial charge in [0.2, 0.25) is 0 Å². The fourth-order valence-electron chi connectivity index (χ4n) is 4.27. The summed E-state index contributed by atoms with van der Waals surface area (Å²) in [5.74, 6) is -1.51. The van der Waals surface area contributed by atoms with Crippen molar-refractivity contribution in [2.45, 2.75) is 38.5 Å². The first-order valence-corrected chi connectivity index (χ1v) is 11.5. The van der Waals surface area contributed by atoms with Crippen LogP contribution in [-0.2, 0) is 17.6 Å². The van der Waals surface area contributed by atoms with Crippen LogP contribution >= 0.6 is 11.3 Å². The highest BCUT2D eigenvalue weighted by atomic mass is 32.1. The van der Waals surface area contributed by atoms with E-state index in [-0.39, 0.29) is 11.5 Å². The van der Waals surface area contributed by atoms with E-state index in [1.54, 1.807) is 6.07 Å². The number of allylic oxidation sites excluding steroid dienone is 1. The maximum atomic E-state index is 14.6. The normalized spacial score (nSPS) is 14.7. The molecule has 0 atom stereocenters. The van der Waals surface area contributed by atoms with Gasteiger partial charge in [0, 0.05) is 0 Å². The SMILES string of the molecule is COC(=O)c1ccc2c(c1)CCCc1nc(NC(=C3CCC3)c3c(F)cccc3F)sc1-2. The largest absolute Gasteiger partial charge is 0.465 e. The van der Waals surface area contributed by atoms with Crippen molar-refractivity contribution in [2.24, 2.45) is 0 Å². The number of anilines is 1. The lowest BCUT2D eigenvalue weighted by Crippen LogP contribution is -2.11. The number of fused-ring (bicyclic) bond motifs is 3. The number of rotatable bonds is 4. The molecule has 2 aliphatic carbocycles. The molecular weight excluding hydrogens is 430 g/mol. The maximum absolute atomic E-state index is 14.6. The van der Waals surface area contributed by atoms with Crippen molar-refractivity contribution in [3.63, 3.8) is 0 Å². The van der Waals surface area contributed by atoms with E-state index in [2.05, 4.69) is 5.32 Å². The predicted octanol–water partition coefficient (Wildman–Crippen LogP) is 6.37. The van der Waals surface area contributed by atoms with E-state index >= 15 is 0 Å². The van der Waals surface area contributed by atoms with Gasteiger partial charge in [-0.2, -0.15) is 0 Å². The van der Waals surface area contributed by atoms with E-state index in [9.17, 15) is 13.6 Å². The Morgan fingerprint density at radius 1 is 1.06 bits per heavy atom. The number of aryl methyl sites for hydroxylation is 2. The Morgan fingerprint density at radius 3 is 2.50 bits per heavy atom. The average Bonchev–Trinajstić information content (AvgIpc) is 3.06. The lowest BCUT2D eigenvalue weighted by molar-refractivity contribution is 0.0600. The molecule has 0 amide bonds. The minimum atomic E-state index is -0.578. The fourth-order valence-corrected chi connectivity index (χ4v) is 5.35. The number of carbonyl (C=O) groups is 1. The average molecular weight is 453 g/mol. The van der Waals surface area contributed by atoms with Crippen molar-refractivity contribution in [3.8, 4) is 10.4 Å². The van der Waals surface area contributed by atoms with Crippen LogP contribution in [0.2, 0.25) is 0 Å². The van der Waals surface area contributed by atoms with Crippen molar-refractivity contribution >= 4 is 28.1 Å². The number of aromatic nitrogens is 1. The number of nitrogens with zero attached hydrogens (tertiary/aromatic N) is 1. The lowest BCUT2D eigenvalue weighted by atomic mass is 9.88. The van der Waals surface area contributed by atoms with Crippen LogP contribution in [0, 0.1) is 11.6 Å². The predicted molar refractivity (Wildman–Crippen MR) is 122 cm³/mol. The van der Waals surface area contributed by atoms with E-state index in [1.807, 2.05) is 12.1 Å². The van der Waals surface area contributed by atoms with Crippen molar-refractivity contribution in [1.29, 1.82) is 0 Å². The third kappa shape index (κ3) is 3.71. The van der Waals surface area contributed by atoms with Crippen LogP contribution < -0.4 is 5.32 Å². The molecule has 0 saturated heterocycles. The molecular formula is C25H22F2N2O2S. The first-order chi connectivity index (χ1) is 15.5. The molecule has 1 fully saturated rings. The summed E-state index contributed by atoms with van der Waals surface area (Å²) in [5.41, 5.74) is 5.12. The van der Waals surface area contributed by atoms with E-state index in [4.69, 9.17) is 9.72 Å². The minimum absolute atomic E-state index is 0.0179. The summed E-state index contributed by atoms with van der Waals surface area (Å²) in [6.07, 6.45) is 5.21. The highest BCUT2D eigenvalue weighted by molar-refractivity contribution is 7.19. The molecule has 0 spiro atoms. The van der Waals surface area contributed by atoms with Crippen molar-refractivity contribution < 1.29 is 18.3 Å². The van der Waals surface area contributed by atoms with Crippen LogP contribution in [0.4, 0.5) is 13.9 Å². The smallest absolute Gasteiger partial charge is 0.337 e. The molecule has 2 aromatic carbocycles. The molecule has 164 valence electrons. The Bertz CT molecular complexity index is 1220. The van der Waals surface area contributed by atoms with E-state index in [0.29, 0.717) is 16.4 Å². The number of benzene rings is 2. The number of halogens is 2. The minimum Gasteiger partial charge on any atom is -0.465 e. The summed E-state index contributed by atoms with van der Waals surface area (Å²) < 4.78 is 34.0. The lowest BCUT2D eigenvalue weighted by Gasteiger charge is -2.23. The zero-order valence-electron chi connectivity index (χ0n) is 17.6. The number of carbonyl (C=O) groups excluding carboxylic acids is 1. The van der Waals surface area contributed by atoms with Gasteiger partial charge in [0.25, 0.3) is 0 Å². The molecule has 32 heavy (non-hydrogen) atoms. The summed E-state index contributed by atoms with van der Waals surface area (Å²) in [6, 6.07) is 9.54. The molecule has 5 rings (SSSR count). The van der Waals surface area contributed by atoms with Gasteiger partial charge in [0.05, 0.1) is 34.5 Å². The number of hydrogen-bond donors (Lipinski definition) is 1. The third-order valence-corrected chi connectivity index (χ3v) is 7.13. The fraction of sp³-hybridized carbons (Fsp3) is 0.280. The van der Waals surface area contributed by atoms with Gasteiger partial charge in [-0.15, -0.1) is 0 Å². The summed E-state index contributed by atoms with van der Waals surface area (Å²) in [5, 5.41) is 3.88. The molecule has 1 saturated carbocycles. The van der Waals surface area contributed by atoms with Crippen LogP contribution in [0.1, 0.15) is 52.9 Å². The highest BCUT2D eigenvalue weighted by Crippen LogP contribution is 2.42. The number of hydrogen-bond acceptors (Lipinski definition) is 5. The van der Waals surface area contributed by atoms with Gasteiger partial charge in [-0.3, -0.25) is 0 Å². The third-order valence-electron chi connectivity index (χ3n) is 6.08. The van der Waals surface area contributed by atoms with Gasteiger partial charge in [0.1, 0.15) is 11.6 Å². The van der Waals surface area contributed by atoms with Crippen LogP contribution in [0.15, 0.2) is 42.0 Å². The van der Waals surface area contributed by atoms with Crippen molar-refractivity contribution in [1.82, 2.24) is 4.98 Å². The van der Waals surface area contributed by atoms with Gasteiger partial charge in [-0.05, 0) is 79.5 Å². The maximum Gasteiger partial charge on any atom is 0.337 e.